The van der Waals surface area contributed by atoms with Crippen molar-refractivity contribution in [2.24, 2.45) is 32.7 Å². The number of amides is 3. The lowest BCUT2D eigenvalue weighted by Gasteiger charge is -2.45. The number of hydrogen-bond donors (Lipinski definition) is 2. The van der Waals surface area contributed by atoms with E-state index in [9.17, 15) is 18.4 Å². The van der Waals surface area contributed by atoms with E-state index in [0.29, 0.717) is 29.9 Å². The highest BCUT2D eigenvalue weighted by atomic mass is 19.1. The predicted molar refractivity (Wildman–Crippen MR) is 150 cm³/mol. The zero-order valence-electron chi connectivity index (χ0n) is 23.2. The average Bonchev–Trinajstić information content (AvgIpc) is 3.10. The third kappa shape index (κ3) is 6.24. The average molecular weight is 538 g/mol. The minimum Gasteiger partial charge on any atom is -0.351 e. The summed E-state index contributed by atoms with van der Waals surface area (Å²) in [6.45, 7) is 13.7. The van der Waals surface area contributed by atoms with Gasteiger partial charge in [0, 0.05) is 31.4 Å². The first-order chi connectivity index (χ1) is 18.3. The van der Waals surface area contributed by atoms with Gasteiger partial charge in [0.25, 0.3) is 5.91 Å². The van der Waals surface area contributed by atoms with Crippen LogP contribution in [0.5, 0.6) is 0 Å². The van der Waals surface area contributed by atoms with Gasteiger partial charge in [-0.25, -0.2) is 13.6 Å². The normalized spacial score (nSPS) is 20.7. The lowest BCUT2D eigenvalue weighted by atomic mass is 9.64. The molecule has 2 atom stereocenters. The largest absolute Gasteiger partial charge is 0.351 e. The number of benzene rings is 2. The molecule has 0 spiro atoms. The third-order valence-corrected chi connectivity index (χ3v) is 8.22. The number of anilines is 1. The molecule has 208 valence electrons. The molecule has 3 rings (SSSR count). The van der Waals surface area contributed by atoms with Gasteiger partial charge in [0.2, 0.25) is 0 Å². The molecule has 39 heavy (non-hydrogen) atoms. The van der Waals surface area contributed by atoms with Crippen LogP contribution >= 0.6 is 0 Å². The summed E-state index contributed by atoms with van der Waals surface area (Å²) in [5.74, 6) is -1.55. The fraction of sp³-hybridized carbons (Fsp3) is 0.400. The summed E-state index contributed by atoms with van der Waals surface area (Å²) in [6.07, 6.45) is 3.26. The van der Waals surface area contributed by atoms with Crippen molar-refractivity contribution in [1.82, 2.24) is 4.90 Å². The molecule has 1 saturated carbocycles. The molecule has 2 aromatic carbocycles. The molecule has 3 N–H and O–H groups in total. The Bertz CT molecular complexity index is 1280. The van der Waals surface area contributed by atoms with E-state index in [4.69, 9.17) is 5.73 Å². The number of nitrogens with one attached hydrogen (secondary N) is 1. The van der Waals surface area contributed by atoms with E-state index in [1.165, 1.54) is 25.2 Å². The number of nitrogens with two attached hydrogens (primary N) is 1. The third-order valence-electron chi connectivity index (χ3n) is 8.22. The number of primary amides is 1. The van der Waals surface area contributed by atoms with Crippen molar-refractivity contribution in [1.29, 1.82) is 0 Å². The quantitative estimate of drug-likeness (QED) is 0.265. The first-order valence-electron chi connectivity index (χ1n) is 12.9. The Morgan fingerprint density at radius 2 is 1.77 bits per heavy atom. The molecule has 0 aliphatic heterocycles. The monoisotopic (exact) mass is 537 g/mol. The van der Waals surface area contributed by atoms with Crippen molar-refractivity contribution in [3.05, 3.63) is 83.5 Å². The second kappa shape index (κ2) is 11.9. The molecule has 0 radical (unpaired) electrons. The number of carbonyl (C=O) groups is 2. The topological polar surface area (TPSA) is 100 Å². The number of hydrogen-bond acceptors (Lipinski definition) is 4. The number of carbonyl (C=O) groups excluding carboxylic acids is 2. The first kappa shape index (κ1) is 29.7. The van der Waals surface area contributed by atoms with E-state index in [1.54, 1.807) is 30.3 Å². The van der Waals surface area contributed by atoms with Gasteiger partial charge in [-0.1, -0.05) is 33.4 Å². The van der Waals surface area contributed by atoms with Crippen LogP contribution in [0.1, 0.15) is 56.5 Å². The van der Waals surface area contributed by atoms with Crippen molar-refractivity contribution in [3.8, 4) is 0 Å². The molecule has 0 heterocycles. The van der Waals surface area contributed by atoms with Crippen molar-refractivity contribution < 1.29 is 18.4 Å². The van der Waals surface area contributed by atoms with Crippen LogP contribution in [0.4, 0.5) is 19.3 Å². The van der Waals surface area contributed by atoms with Crippen molar-refractivity contribution >= 4 is 23.3 Å². The molecule has 1 aliphatic carbocycles. The van der Waals surface area contributed by atoms with Gasteiger partial charge in [-0.3, -0.25) is 4.79 Å². The molecule has 0 bridgehead atoms. The number of rotatable bonds is 9. The Labute approximate surface area is 228 Å². The Morgan fingerprint density at radius 3 is 2.31 bits per heavy atom. The molecule has 1 fully saturated rings. The molecule has 0 saturated heterocycles. The summed E-state index contributed by atoms with van der Waals surface area (Å²) in [6, 6.07) is 9.63. The highest BCUT2D eigenvalue weighted by Gasteiger charge is 2.52. The van der Waals surface area contributed by atoms with Crippen LogP contribution in [-0.2, 0) is 0 Å². The molecule has 9 heteroatoms. The minimum absolute atomic E-state index is 0.00708. The molecule has 3 amide bonds. The maximum Gasteiger partial charge on any atom is 0.316 e. The minimum atomic E-state index is -0.715. The maximum atomic E-state index is 14.5. The van der Waals surface area contributed by atoms with E-state index in [2.05, 4.69) is 42.9 Å². The van der Waals surface area contributed by atoms with Crippen LogP contribution in [0.2, 0.25) is 0 Å². The van der Waals surface area contributed by atoms with Gasteiger partial charge < -0.3 is 16.0 Å². The number of allylic oxidation sites excluding steroid dienone is 2. The summed E-state index contributed by atoms with van der Waals surface area (Å²) < 4.78 is 29.1. The molecule has 0 aromatic heterocycles. The lowest BCUT2D eigenvalue weighted by Crippen LogP contribution is -2.46. The number of urea groups is 1. The van der Waals surface area contributed by atoms with Gasteiger partial charge in [-0.15, -0.1) is 0 Å². The zero-order valence-corrected chi connectivity index (χ0v) is 23.2. The van der Waals surface area contributed by atoms with Crippen LogP contribution in [-0.4, -0.2) is 37.0 Å². The number of halogens is 2. The fourth-order valence-corrected chi connectivity index (χ4v) is 5.55. The van der Waals surface area contributed by atoms with E-state index in [0.717, 1.165) is 12.8 Å². The van der Waals surface area contributed by atoms with Gasteiger partial charge in [-0.05, 0) is 84.6 Å². The molecule has 0 unspecified atom stereocenters. The highest BCUT2D eigenvalue weighted by molar-refractivity contribution is 5.95. The van der Waals surface area contributed by atoms with Crippen molar-refractivity contribution in [3.63, 3.8) is 0 Å². The summed E-state index contributed by atoms with van der Waals surface area (Å²) in [5, 5.41) is 10.3. The van der Waals surface area contributed by atoms with Gasteiger partial charge in [0.05, 0.1) is 11.3 Å². The van der Waals surface area contributed by atoms with Gasteiger partial charge >= 0.3 is 6.03 Å². The van der Waals surface area contributed by atoms with Gasteiger partial charge in [-0.2, -0.15) is 10.2 Å². The van der Waals surface area contributed by atoms with E-state index in [-0.39, 0.29) is 33.9 Å². The zero-order chi connectivity index (χ0) is 29.0. The maximum absolute atomic E-state index is 14.5. The summed E-state index contributed by atoms with van der Waals surface area (Å²) in [4.78, 5) is 26.3. The number of azo groups is 1. The Hall–Kier alpha value is -3.88. The van der Waals surface area contributed by atoms with Crippen LogP contribution in [0.25, 0.3) is 5.70 Å². The van der Waals surface area contributed by atoms with Crippen LogP contribution in [0.15, 0.2) is 70.9 Å². The summed E-state index contributed by atoms with van der Waals surface area (Å²) in [7, 11) is 1.45. The lowest BCUT2D eigenvalue weighted by molar-refractivity contribution is 0.0421. The fourth-order valence-electron chi connectivity index (χ4n) is 5.55. The van der Waals surface area contributed by atoms with Crippen LogP contribution in [0, 0.1) is 28.4 Å². The predicted octanol–water partition coefficient (Wildman–Crippen LogP) is 7.04. The molecular formula is C30H37F2N5O2. The van der Waals surface area contributed by atoms with E-state index in [1.807, 2.05) is 11.8 Å². The summed E-state index contributed by atoms with van der Waals surface area (Å²) in [5.41, 5.74) is 6.18. The summed E-state index contributed by atoms with van der Waals surface area (Å²) >= 11 is 0. The Morgan fingerprint density at radius 1 is 1.15 bits per heavy atom. The Balaban J connectivity index is 1.84. The SMILES string of the molecule is C=C(/C=C(\N=N/C)c1c(F)cccc1F)[C@@H]1CC[C@@](C)(CN(CC)C(=O)c2ccc(NC(N)=O)cc2)C1(C)C. The second-order valence-electron chi connectivity index (χ2n) is 10.8. The Kier molecular flexibility index (Phi) is 9.04. The van der Waals surface area contributed by atoms with Gasteiger partial charge in [0.1, 0.15) is 11.6 Å². The second-order valence-corrected chi connectivity index (χ2v) is 10.8. The van der Waals surface area contributed by atoms with Crippen molar-refractivity contribution in [2.45, 2.75) is 40.5 Å². The first-order valence-corrected chi connectivity index (χ1v) is 12.9. The van der Waals surface area contributed by atoms with Gasteiger partial charge in [0.15, 0.2) is 0 Å². The number of nitrogens with zero attached hydrogens (tertiary/aromatic N) is 3. The molecule has 1 aliphatic rings. The van der Waals surface area contributed by atoms with E-state index < -0.39 is 17.7 Å². The molecule has 7 nitrogen and oxygen atoms in total. The van der Waals surface area contributed by atoms with Crippen LogP contribution < -0.4 is 11.1 Å². The van der Waals surface area contributed by atoms with Crippen LogP contribution in [0.3, 0.4) is 0 Å². The standard InChI is InChI=1S/C30H37F2N5O2/c1-7-37(27(38)20-11-13-21(14-12-20)35-28(33)39)18-30(5)16-15-22(29(30,3)4)19(2)17-25(36-34-6)26-23(31)9-8-10-24(26)32/h8-14,17,22H,2,7,15-16,18H2,1,3-6H3,(H3,33,35,39)/b25-17-,36-34-/t22-,30-/m0/s1. The van der Waals surface area contributed by atoms with E-state index >= 15 is 0 Å². The highest BCUT2D eigenvalue weighted by Crippen LogP contribution is 2.58. The molecule has 2 aromatic rings. The van der Waals surface area contributed by atoms with Crippen molar-refractivity contribution in [2.75, 3.05) is 25.5 Å². The smallest absolute Gasteiger partial charge is 0.316 e. The molecular weight excluding hydrogens is 500 g/mol.